The van der Waals surface area contributed by atoms with Crippen LogP contribution in [0.25, 0.3) is 0 Å². The number of nitrogens with two attached hydrogens (primary N) is 1. The van der Waals surface area contributed by atoms with Crippen LogP contribution < -0.4 is 5.73 Å². The van der Waals surface area contributed by atoms with Crippen molar-refractivity contribution in [3.63, 3.8) is 0 Å². The van der Waals surface area contributed by atoms with Gasteiger partial charge in [0.25, 0.3) is 0 Å². The van der Waals surface area contributed by atoms with Crippen LogP contribution >= 0.6 is 7.82 Å². The number of phosphoric ester groups is 1. The van der Waals surface area contributed by atoms with Crippen molar-refractivity contribution in [2.24, 2.45) is 5.73 Å². The Kier molecular flexibility index (Phi) is 18.4. The Labute approximate surface area is 190 Å². The predicted molar refractivity (Wildman–Crippen MR) is 120 cm³/mol. The largest absolute Gasteiger partial charge is 0.480 e. The van der Waals surface area contributed by atoms with Crippen molar-refractivity contribution < 1.29 is 43.0 Å². The molecule has 0 aromatic rings. The van der Waals surface area contributed by atoms with Gasteiger partial charge in [0.1, 0.15) is 18.8 Å². The molecule has 0 aromatic carbocycles. The molecule has 0 rings (SSSR count). The highest BCUT2D eigenvalue weighted by molar-refractivity contribution is 7.47. The van der Waals surface area contributed by atoms with Crippen molar-refractivity contribution in [1.82, 2.24) is 0 Å². The van der Waals surface area contributed by atoms with Crippen molar-refractivity contribution in [3.8, 4) is 0 Å². The summed E-state index contributed by atoms with van der Waals surface area (Å²) >= 11 is 0. The van der Waals surface area contributed by atoms with Gasteiger partial charge >= 0.3 is 19.8 Å². The minimum absolute atomic E-state index is 0.236. The van der Waals surface area contributed by atoms with Crippen molar-refractivity contribution in [2.75, 3.05) is 19.8 Å². The number of allylic oxidation sites excluding steroid dienone is 2. The van der Waals surface area contributed by atoms with Crippen molar-refractivity contribution in [1.29, 1.82) is 0 Å². The number of aliphatic hydroxyl groups excluding tert-OH is 1. The monoisotopic (exact) mass is 481 g/mol. The fourth-order valence-corrected chi connectivity index (χ4v) is 3.37. The van der Waals surface area contributed by atoms with Gasteiger partial charge in [-0.25, -0.2) is 4.57 Å². The quantitative estimate of drug-likeness (QED) is 0.0827. The zero-order valence-corrected chi connectivity index (χ0v) is 19.9. The van der Waals surface area contributed by atoms with Gasteiger partial charge in [-0.15, -0.1) is 0 Å². The third-order valence-corrected chi connectivity index (χ3v) is 5.44. The summed E-state index contributed by atoms with van der Waals surface area (Å²) in [5.74, 6) is -1.86. The number of carboxylic acid groups (broad SMARTS) is 1. The van der Waals surface area contributed by atoms with Crippen LogP contribution in [0.2, 0.25) is 0 Å². The second kappa shape index (κ2) is 19.2. The maximum Gasteiger partial charge on any atom is 0.472 e. The molecule has 0 bridgehead atoms. The first-order valence-corrected chi connectivity index (χ1v) is 12.8. The number of aliphatic hydroxyl groups is 1. The fraction of sp³-hybridized carbons (Fsp3) is 0.810. The van der Waals surface area contributed by atoms with Crippen LogP contribution in [0.5, 0.6) is 0 Å². The molecular formula is C21H40NO9P. The van der Waals surface area contributed by atoms with Crippen LogP contribution in [0, 0.1) is 0 Å². The first kappa shape index (κ1) is 30.7. The maximum atomic E-state index is 11.7. The smallest absolute Gasteiger partial charge is 0.472 e. The van der Waals surface area contributed by atoms with E-state index in [9.17, 15) is 24.2 Å². The van der Waals surface area contributed by atoms with Gasteiger partial charge < -0.3 is 25.6 Å². The summed E-state index contributed by atoms with van der Waals surface area (Å²) in [6.45, 7) is 0.446. The molecule has 0 radical (unpaired) electrons. The molecule has 11 heteroatoms. The number of unbranched alkanes of at least 4 members (excludes halogenated alkanes) is 8. The fourth-order valence-electron chi connectivity index (χ4n) is 2.58. The van der Waals surface area contributed by atoms with Gasteiger partial charge in [-0.05, 0) is 32.1 Å². The molecule has 188 valence electrons. The molecule has 0 heterocycles. The van der Waals surface area contributed by atoms with E-state index in [1.54, 1.807) is 0 Å². The Morgan fingerprint density at radius 2 is 1.50 bits per heavy atom. The number of carbonyl (C=O) groups excluding carboxylic acids is 1. The highest BCUT2D eigenvalue weighted by Gasteiger charge is 2.26. The summed E-state index contributed by atoms with van der Waals surface area (Å²) in [6.07, 6.45) is 14.4. The molecule has 1 unspecified atom stereocenters. The van der Waals surface area contributed by atoms with Gasteiger partial charge in [0.05, 0.1) is 13.2 Å². The molecule has 0 aliphatic heterocycles. The molecule has 32 heavy (non-hydrogen) atoms. The third-order valence-electron chi connectivity index (χ3n) is 4.49. The number of hydrogen-bond donors (Lipinski definition) is 4. The minimum atomic E-state index is -4.58. The lowest BCUT2D eigenvalue weighted by Crippen LogP contribution is -2.34. The molecule has 10 nitrogen and oxygen atoms in total. The zero-order chi connectivity index (χ0) is 24.2. The number of carbonyl (C=O) groups is 2. The lowest BCUT2D eigenvalue weighted by Gasteiger charge is -2.16. The molecule has 0 saturated heterocycles. The molecule has 0 saturated carbocycles. The van der Waals surface area contributed by atoms with Gasteiger partial charge in [-0.3, -0.25) is 18.6 Å². The van der Waals surface area contributed by atoms with Crippen LogP contribution in [-0.2, 0) is 27.9 Å². The number of carboxylic acids is 1. The van der Waals surface area contributed by atoms with E-state index in [-0.39, 0.29) is 6.42 Å². The summed E-state index contributed by atoms with van der Waals surface area (Å²) in [4.78, 5) is 31.6. The Balaban J connectivity index is 3.69. The lowest BCUT2D eigenvalue weighted by atomic mass is 10.1. The molecule has 0 aliphatic rings. The normalized spacial score (nSPS) is 15.4. The van der Waals surface area contributed by atoms with E-state index in [1.165, 1.54) is 19.3 Å². The van der Waals surface area contributed by atoms with E-state index < -0.39 is 51.7 Å². The summed E-state index contributed by atoms with van der Waals surface area (Å²) < 4.78 is 25.4. The number of ether oxygens (including phenoxy) is 1. The van der Waals surface area contributed by atoms with E-state index in [1.807, 2.05) is 0 Å². The molecule has 0 spiro atoms. The molecule has 3 atom stereocenters. The summed E-state index contributed by atoms with van der Waals surface area (Å²) in [5.41, 5.74) is 5.14. The van der Waals surface area contributed by atoms with Gasteiger partial charge in [-0.2, -0.15) is 0 Å². The molecule has 5 N–H and O–H groups in total. The van der Waals surface area contributed by atoms with E-state index in [0.717, 1.165) is 38.5 Å². The molecule has 0 aliphatic carbocycles. The number of esters is 1. The van der Waals surface area contributed by atoms with Gasteiger partial charge in [-0.1, -0.05) is 51.2 Å². The topological polar surface area (TPSA) is 166 Å². The zero-order valence-electron chi connectivity index (χ0n) is 19.0. The summed E-state index contributed by atoms with van der Waals surface area (Å²) in [6, 6.07) is -1.48. The second-order valence-electron chi connectivity index (χ2n) is 7.62. The first-order chi connectivity index (χ1) is 15.2. The predicted octanol–water partition coefficient (Wildman–Crippen LogP) is 3.30. The highest BCUT2D eigenvalue weighted by Crippen LogP contribution is 2.43. The minimum Gasteiger partial charge on any atom is -0.480 e. The van der Waals surface area contributed by atoms with E-state index in [2.05, 4.69) is 28.1 Å². The third kappa shape index (κ3) is 19.4. The van der Waals surface area contributed by atoms with Crippen LogP contribution in [-0.4, -0.2) is 59.0 Å². The van der Waals surface area contributed by atoms with Crippen LogP contribution in [0.15, 0.2) is 12.2 Å². The van der Waals surface area contributed by atoms with E-state index >= 15 is 0 Å². The van der Waals surface area contributed by atoms with Crippen molar-refractivity contribution in [2.45, 2.75) is 89.7 Å². The highest BCUT2D eigenvalue weighted by atomic mass is 31.2. The summed E-state index contributed by atoms with van der Waals surface area (Å²) in [7, 11) is -4.58. The average Bonchev–Trinajstić information content (AvgIpc) is 2.75. The Morgan fingerprint density at radius 3 is 2.12 bits per heavy atom. The Hall–Kier alpha value is -1.29. The maximum absolute atomic E-state index is 11.7. The SMILES string of the molecule is CCCCC/C=C\CCCCCCCC(=O)OC[C@@H](O)COP(=O)(O)OC[C@H](N)C(=O)O. The van der Waals surface area contributed by atoms with Crippen LogP contribution in [0.1, 0.15) is 77.6 Å². The number of aliphatic carboxylic acids is 1. The van der Waals surface area contributed by atoms with Crippen LogP contribution in [0.3, 0.4) is 0 Å². The lowest BCUT2D eigenvalue weighted by molar-refractivity contribution is -0.147. The van der Waals surface area contributed by atoms with E-state index in [4.69, 9.17) is 15.6 Å². The average molecular weight is 482 g/mol. The second-order valence-corrected chi connectivity index (χ2v) is 9.07. The van der Waals surface area contributed by atoms with Crippen LogP contribution in [0.4, 0.5) is 0 Å². The van der Waals surface area contributed by atoms with Crippen molar-refractivity contribution in [3.05, 3.63) is 12.2 Å². The van der Waals surface area contributed by atoms with Gasteiger partial charge in [0.15, 0.2) is 0 Å². The van der Waals surface area contributed by atoms with E-state index in [0.29, 0.717) is 6.42 Å². The van der Waals surface area contributed by atoms with Crippen molar-refractivity contribution >= 4 is 19.8 Å². The molecule has 0 amide bonds. The number of hydrogen-bond acceptors (Lipinski definition) is 8. The molecule has 0 aromatic heterocycles. The van der Waals surface area contributed by atoms with Gasteiger partial charge in [0.2, 0.25) is 0 Å². The summed E-state index contributed by atoms with van der Waals surface area (Å²) in [5, 5.41) is 18.3. The first-order valence-electron chi connectivity index (χ1n) is 11.3. The standard InChI is InChI=1S/C21H40NO9P/c1-2-3-4-5-6-7-8-9-10-11-12-13-14-20(24)29-15-18(23)16-30-32(27,28)31-17-19(22)21(25)26/h6-7,18-19,23H,2-5,8-17,22H2,1H3,(H,25,26)(H,27,28)/b7-6-/t18-,19+/m1/s1. The number of rotatable bonds is 21. The Morgan fingerprint density at radius 1 is 0.938 bits per heavy atom. The Bertz CT molecular complexity index is 586. The number of phosphoric acid groups is 1. The molecular weight excluding hydrogens is 441 g/mol. The molecule has 0 fully saturated rings. The van der Waals surface area contributed by atoms with Gasteiger partial charge in [0, 0.05) is 6.42 Å².